The number of benzene rings is 1. The number of hydrogen-bond donors (Lipinski definition) is 0. The summed E-state index contributed by atoms with van der Waals surface area (Å²) in [5.41, 5.74) is 1.75. The van der Waals surface area contributed by atoms with Crippen LogP contribution in [0.3, 0.4) is 0 Å². The molecule has 2 saturated heterocycles. The van der Waals surface area contributed by atoms with Crippen LogP contribution in [0.15, 0.2) is 54.3 Å². The van der Waals surface area contributed by atoms with E-state index in [9.17, 15) is 4.79 Å². The normalized spacial score (nSPS) is 23.8. The van der Waals surface area contributed by atoms with Gasteiger partial charge in [-0.25, -0.2) is 15.0 Å². The molecule has 0 saturated carbocycles. The summed E-state index contributed by atoms with van der Waals surface area (Å²) < 4.78 is 0. The average molecular weight is 392 g/mol. The number of carbonyl (C=O) groups is 1. The minimum Gasteiger partial charge on any atom is -0.347 e. The molecular formula is C21H21N5OS. The molecule has 7 heteroatoms. The number of nitrogens with zero attached hydrogens (tertiary/aromatic N) is 5. The molecule has 0 radical (unpaired) electrons. The van der Waals surface area contributed by atoms with E-state index in [0.29, 0.717) is 23.2 Å². The molecular weight excluding hydrogens is 370 g/mol. The molecule has 6 nitrogen and oxygen atoms in total. The molecule has 1 amide bonds. The molecule has 2 aliphatic rings. The second-order valence-electron chi connectivity index (χ2n) is 7.48. The number of likely N-dealkylation sites (tertiary alicyclic amines) is 1. The number of aryl methyl sites for hydroxylation is 1. The molecule has 0 unspecified atom stereocenters. The molecule has 142 valence electrons. The number of rotatable bonds is 3. The minimum atomic E-state index is 0.0176. The largest absolute Gasteiger partial charge is 0.347 e. The summed E-state index contributed by atoms with van der Waals surface area (Å²) in [5.74, 6) is 1.52. The van der Waals surface area contributed by atoms with Crippen molar-refractivity contribution in [1.29, 1.82) is 0 Å². The topological polar surface area (TPSA) is 62.2 Å². The lowest BCUT2D eigenvalue weighted by molar-refractivity contribution is 0.0714. The van der Waals surface area contributed by atoms with E-state index in [1.807, 2.05) is 41.6 Å². The lowest BCUT2D eigenvalue weighted by atomic mass is 9.89. The fourth-order valence-electron chi connectivity index (χ4n) is 4.53. The molecule has 0 bridgehead atoms. The van der Waals surface area contributed by atoms with E-state index in [1.165, 1.54) is 5.56 Å². The van der Waals surface area contributed by atoms with Gasteiger partial charge in [0.2, 0.25) is 0 Å². The molecule has 28 heavy (non-hydrogen) atoms. The van der Waals surface area contributed by atoms with Crippen molar-refractivity contribution in [2.75, 3.05) is 24.5 Å². The van der Waals surface area contributed by atoms with Gasteiger partial charge < -0.3 is 9.80 Å². The van der Waals surface area contributed by atoms with Gasteiger partial charge in [-0.3, -0.25) is 4.79 Å². The smallest absolute Gasteiger partial charge is 0.257 e. The van der Waals surface area contributed by atoms with Crippen LogP contribution in [0.5, 0.6) is 0 Å². The van der Waals surface area contributed by atoms with E-state index in [-0.39, 0.29) is 11.9 Å². The van der Waals surface area contributed by atoms with Gasteiger partial charge >= 0.3 is 0 Å². The first-order chi connectivity index (χ1) is 13.7. The Morgan fingerprint density at radius 2 is 1.86 bits per heavy atom. The van der Waals surface area contributed by atoms with Gasteiger partial charge in [0.15, 0.2) is 5.13 Å². The van der Waals surface area contributed by atoms with Crippen LogP contribution in [0.1, 0.15) is 27.8 Å². The molecule has 0 aliphatic carbocycles. The fraction of sp³-hybridized carbons (Fsp3) is 0.333. The van der Waals surface area contributed by atoms with Crippen molar-refractivity contribution in [1.82, 2.24) is 19.9 Å². The molecule has 2 aliphatic heterocycles. The van der Waals surface area contributed by atoms with E-state index >= 15 is 0 Å². The van der Waals surface area contributed by atoms with Gasteiger partial charge in [0.25, 0.3) is 5.91 Å². The van der Waals surface area contributed by atoms with Gasteiger partial charge in [-0.05, 0) is 12.5 Å². The third kappa shape index (κ3) is 2.96. The third-order valence-corrected chi connectivity index (χ3v) is 6.62. The second-order valence-corrected chi connectivity index (χ2v) is 8.35. The highest BCUT2D eigenvalue weighted by Gasteiger charge is 2.49. The monoisotopic (exact) mass is 391 g/mol. The van der Waals surface area contributed by atoms with E-state index in [0.717, 1.165) is 24.8 Å². The lowest BCUT2D eigenvalue weighted by Gasteiger charge is -2.30. The number of aromatic nitrogens is 3. The summed E-state index contributed by atoms with van der Waals surface area (Å²) in [6, 6.07) is 10.4. The number of anilines is 1. The highest BCUT2D eigenvalue weighted by atomic mass is 32.1. The van der Waals surface area contributed by atoms with Crippen molar-refractivity contribution in [3.05, 3.63) is 71.3 Å². The molecule has 2 fully saturated rings. The fourth-order valence-corrected chi connectivity index (χ4v) is 5.19. The summed E-state index contributed by atoms with van der Waals surface area (Å²) in [6.07, 6.45) is 5.14. The second kappa shape index (κ2) is 6.98. The predicted molar refractivity (Wildman–Crippen MR) is 108 cm³/mol. The van der Waals surface area contributed by atoms with E-state index < -0.39 is 0 Å². The van der Waals surface area contributed by atoms with Crippen LogP contribution < -0.4 is 4.90 Å². The Bertz CT molecular complexity index is 960. The summed E-state index contributed by atoms with van der Waals surface area (Å²) in [4.78, 5) is 30.6. The van der Waals surface area contributed by atoms with E-state index in [4.69, 9.17) is 0 Å². The van der Waals surface area contributed by atoms with Crippen molar-refractivity contribution in [2.24, 2.45) is 11.8 Å². The van der Waals surface area contributed by atoms with Crippen molar-refractivity contribution in [3.63, 3.8) is 0 Å². The van der Waals surface area contributed by atoms with Crippen molar-refractivity contribution in [2.45, 2.75) is 13.0 Å². The Kier molecular flexibility index (Phi) is 4.31. The molecule has 0 N–H and O–H groups in total. The van der Waals surface area contributed by atoms with Crippen LogP contribution in [0.4, 0.5) is 5.13 Å². The van der Waals surface area contributed by atoms with Crippen molar-refractivity contribution in [3.8, 4) is 0 Å². The zero-order valence-electron chi connectivity index (χ0n) is 15.6. The maximum absolute atomic E-state index is 13.3. The summed E-state index contributed by atoms with van der Waals surface area (Å²) in [6.45, 7) is 4.44. The molecule has 5 rings (SSSR count). The van der Waals surface area contributed by atoms with Crippen LogP contribution in [-0.2, 0) is 0 Å². The Labute approximate surface area is 167 Å². The first-order valence-electron chi connectivity index (χ1n) is 9.49. The Morgan fingerprint density at radius 1 is 1.07 bits per heavy atom. The number of thiazole rings is 1. The molecule has 2 aromatic heterocycles. The quantitative estimate of drug-likeness (QED) is 0.686. The van der Waals surface area contributed by atoms with E-state index in [1.54, 1.807) is 23.7 Å². The highest BCUT2D eigenvalue weighted by Crippen LogP contribution is 2.46. The number of fused-ring (bicyclic) bond motifs is 1. The predicted octanol–water partition coefficient (Wildman–Crippen LogP) is 3.19. The van der Waals surface area contributed by atoms with Gasteiger partial charge in [0, 0.05) is 55.4 Å². The maximum Gasteiger partial charge on any atom is 0.257 e. The Morgan fingerprint density at radius 3 is 2.57 bits per heavy atom. The number of amides is 1. The van der Waals surface area contributed by atoms with Gasteiger partial charge in [-0.2, -0.15) is 0 Å². The van der Waals surface area contributed by atoms with Crippen LogP contribution in [0, 0.1) is 18.8 Å². The first kappa shape index (κ1) is 17.3. The van der Waals surface area contributed by atoms with Gasteiger partial charge in [-0.1, -0.05) is 30.3 Å². The van der Waals surface area contributed by atoms with Crippen LogP contribution in [0.2, 0.25) is 0 Å². The number of hydrogen-bond acceptors (Lipinski definition) is 6. The highest BCUT2D eigenvalue weighted by molar-refractivity contribution is 7.13. The molecule has 0 spiro atoms. The summed E-state index contributed by atoms with van der Waals surface area (Å²) in [5, 5.41) is 3.09. The van der Waals surface area contributed by atoms with Gasteiger partial charge in [0.05, 0.1) is 11.6 Å². The van der Waals surface area contributed by atoms with Crippen LogP contribution in [0.25, 0.3) is 0 Å². The zero-order chi connectivity index (χ0) is 19.1. The summed E-state index contributed by atoms with van der Waals surface area (Å²) >= 11 is 1.68. The average Bonchev–Trinajstić information content (AvgIpc) is 3.44. The SMILES string of the molecule is Cc1ncc(C(=O)N2C[C@@H]3CN(c4nccs4)C[C@@H]3[C@H]2c2ccccc2)cn1. The number of carbonyl (C=O) groups excluding carboxylic acids is 1. The summed E-state index contributed by atoms with van der Waals surface area (Å²) in [7, 11) is 0. The Balaban J connectivity index is 1.47. The van der Waals surface area contributed by atoms with Gasteiger partial charge in [-0.15, -0.1) is 11.3 Å². The molecule has 3 atom stereocenters. The Hall–Kier alpha value is -2.80. The minimum absolute atomic E-state index is 0.0176. The maximum atomic E-state index is 13.3. The van der Waals surface area contributed by atoms with E-state index in [2.05, 4.69) is 32.0 Å². The van der Waals surface area contributed by atoms with Crippen LogP contribution >= 0.6 is 11.3 Å². The van der Waals surface area contributed by atoms with Crippen LogP contribution in [-0.4, -0.2) is 45.4 Å². The lowest BCUT2D eigenvalue weighted by Crippen LogP contribution is -2.35. The zero-order valence-corrected chi connectivity index (χ0v) is 16.4. The first-order valence-corrected chi connectivity index (χ1v) is 10.4. The third-order valence-electron chi connectivity index (χ3n) is 5.78. The standard InChI is InChI=1S/C21H21N5OS/c1-14-23-9-16(10-24-14)20(27)26-12-17-11-25(21-22-7-8-28-21)13-18(17)19(26)15-5-3-2-4-6-15/h2-10,17-19H,11-13H2,1H3/t17-,18-,19+/m0/s1. The van der Waals surface area contributed by atoms with Crippen molar-refractivity contribution >= 4 is 22.4 Å². The van der Waals surface area contributed by atoms with Crippen molar-refractivity contribution < 1.29 is 4.79 Å². The molecule has 3 aromatic rings. The molecule has 1 aromatic carbocycles. The molecule has 4 heterocycles. The van der Waals surface area contributed by atoms with Gasteiger partial charge in [0.1, 0.15) is 5.82 Å².